The first-order valence-electron chi connectivity index (χ1n) is 7.49. The number of aryl methyl sites for hydroxylation is 1. The predicted octanol–water partition coefficient (Wildman–Crippen LogP) is 4.88. The Morgan fingerprint density at radius 2 is 1.76 bits per heavy atom. The smallest absolute Gasteiger partial charge is 0.106 e. The number of nitrogens with one attached hydrogen (secondary N) is 1. The van der Waals surface area contributed by atoms with E-state index in [2.05, 4.69) is 80.0 Å². The highest BCUT2D eigenvalue weighted by molar-refractivity contribution is 5.89. The van der Waals surface area contributed by atoms with Crippen molar-refractivity contribution in [2.24, 2.45) is 5.92 Å². The Morgan fingerprint density at radius 1 is 1.05 bits per heavy atom. The standard InChI is InChI=1S/C19H22N2/c1-13(2)19-20-17-12-8-9-14(3)18(17)15(4)21(19)16-10-6-5-7-11-16/h5-13,19-20H,4H2,1-3H3. The zero-order valence-electron chi connectivity index (χ0n) is 12.9. The van der Waals surface area contributed by atoms with Gasteiger partial charge in [0.2, 0.25) is 0 Å². The summed E-state index contributed by atoms with van der Waals surface area (Å²) in [6.45, 7) is 11.0. The number of hydrogen-bond acceptors (Lipinski definition) is 2. The van der Waals surface area contributed by atoms with Crippen LogP contribution in [0.3, 0.4) is 0 Å². The lowest BCUT2D eigenvalue weighted by molar-refractivity contribution is 0.526. The lowest BCUT2D eigenvalue weighted by Crippen LogP contribution is -2.46. The molecular formula is C19H22N2. The first-order chi connectivity index (χ1) is 10.1. The molecule has 3 rings (SSSR count). The molecule has 0 aliphatic carbocycles. The van der Waals surface area contributed by atoms with Gasteiger partial charge in [-0.1, -0.05) is 50.8 Å². The molecule has 21 heavy (non-hydrogen) atoms. The van der Waals surface area contributed by atoms with E-state index in [1.165, 1.54) is 22.5 Å². The fourth-order valence-corrected chi connectivity index (χ4v) is 3.05. The largest absolute Gasteiger partial charge is 0.364 e. The van der Waals surface area contributed by atoms with E-state index in [0.29, 0.717) is 5.92 Å². The fraction of sp³-hybridized carbons (Fsp3) is 0.263. The molecule has 1 unspecified atom stereocenters. The maximum absolute atomic E-state index is 4.39. The molecular weight excluding hydrogens is 256 g/mol. The van der Waals surface area contributed by atoms with Gasteiger partial charge in [0.05, 0.1) is 0 Å². The van der Waals surface area contributed by atoms with E-state index >= 15 is 0 Å². The first kappa shape index (κ1) is 13.7. The highest BCUT2D eigenvalue weighted by Crippen LogP contribution is 2.39. The van der Waals surface area contributed by atoms with Crippen LogP contribution in [-0.4, -0.2) is 6.17 Å². The van der Waals surface area contributed by atoms with Crippen LogP contribution in [-0.2, 0) is 0 Å². The second-order valence-corrected chi connectivity index (χ2v) is 5.98. The fourth-order valence-electron chi connectivity index (χ4n) is 3.05. The minimum Gasteiger partial charge on any atom is -0.364 e. The van der Waals surface area contributed by atoms with E-state index < -0.39 is 0 Å². The molecule has 0 spiro atoms. The molecule has 0 bridgehead atoms. The van der Waals surface area contributed by atoms with Crippen LogP contribution in [0, 0.1) is 12.8 Å². The van der Waals surface area contributed by atoms with Crippen LogP contribution >= 0.6 is 0 Å². The minimum absolute atomic E-state index is 0.217. The van der Waals surface area contributed by atoms with Gasteiger partial charge in [0.25, 0.3) is 0 Å². The number of rotatable bonds is 2. The molecule has 1 aliphatic rings. The molecule has 1 N–H and O–H groups in total. The Morgan fingerprint density at radius 3 is 2.43 bits per heavy atom. The van der Waals surface area contributed by atoms with Crippen molar-refractivity contribution in [3.05, 3.63) is 66.2 Å². The van der Waals surface area contributed by atoms with Gasteiger partial charge in [-0.3, -0.25) is 0 Å². The predicted molar refractivity (Wildman–Crippen MR) is 91.4 cm³/mol. The van der Waals surface area contributed by atoms with Gasteiger partial charge in [-0.2, -0.15) is 0 Å². The highest BCUT2D eigenvalue weighted by atomic mass is 15.3. The molecule has 108 valence electrons. The molecule has 1 atom stereocenters. The number of fused-ring (bicyclic) bond motifs is 1. The van der Waals surface area contributed by atoms with E-state index in [9.17, 15) is 0 Å². The number of nitrogens with zero attached hydrogens (tertiary/aromatic N) is 1. The number of benzene rings is 2. The highest BCUT2D eigenvalue weighted by Gasteiger charge is 2.31. The third-order valence-corrected chi connectivity index (χ3v) is 4.10. The average Bonchev–Trinajstić information content (AvgIpc) is 2.47. The molecule has 0 aromatic heterocycles. The zero-order valence-corrected chi connectivity index (χ0v) is 12.9. The van der Waals surface area contributed by atoms with E-state index in [4.69, 9.17) is 0 Å². The molecule has 2 aromatic carbocycles. The Bertz CT molecular complexity index is 659. The lowest BCUT2D eigenvalue weighted by atomic mass is 9.96. The van der Waals surface area contributed by atoms with Crippen LogP contribution < -0.4 is 10.2 Å². The Labute approximate surface area is 127 Å². The van der Waals surface area contributed by atoms with Crippen molar-refractivity contribution in [3.63, 3.8) is 0 Å². The van der Waals surface area contributed by atoms with Crippen molar-refractivity contribution in [2.75, 3.05) is 10.2 Å². The first-order valence-corrected chi connectivity index (χ1v) is 7.49. The summed E-state index contributed by atoms with van der Waals surface area (Å²) in [6, 6.07) is 16.9. The second-order valence-electron chi connectivity index (χ2n) is 5.98. The van der Waals surface area contributed by atoms with Crippen LogP contribution in [0.1, 0.15) is 25.0 Å². The van der Waals surface area contributed by atoms with Crippen LogP contribution in [0.5, 0.6) is 0 Å². The second kappa shape index (κ2) is 5.28. The summed E-state index contributed by atoms with van der Waals surface area (Å²) in [5.74, 6) is 0.468. The molecule has 0 radical (unpaired) electrons. The quantitative estimate of drug-likeness (QED) is 0.842. The summed E-state index contributed by atoms with van der Waals surface area (Å²) < 4.78 is 0. The van der Waals surface area contributed by atoms with E-state index in [1.54, 1.807) is 0 Å². The molecule has 0 amide bonds. The molecule has 2 nitrogen and oxygen atoms in total. The van der Waals surface area contributed by atoms with Crippen molar-refractivity contribution in [1.29, 1.82) is 0 Å². The van der Waals surface area contributed by atoms with Gasteiger partial charge in [-0.05, 0) is 36.6 Å². The minimum atomic E-state index is 0.217. The Balaban J connectivity index is 2.14. The molecule has 0 saturated carbocycles. The molecule has 0 fully saturated rings. The lowest BCUT2D eigenvalue weighted by Gasteiger charge is -2.43. The van der Waals surface area contributed by atoms with Crippen molar-refractivity contribution >= 4 is 17.1 Å². The topological polar surface area (TPSA) is 15.3 Å². The molecule has 1 heterocycles. The maximum atomic E-state index is 4.39. The van der Waals surface area contributed by atoms with Gasteiger partial charge in [0.15, 0.2) is 0 Å². The average molecular weight is 278 g/mol. The molecule has 1 aliphatic heterocycles. The third kappa shape index (κ3) is 2.31. The van der Waals surface area contributed by atoms with Gasteiger partial charge in [0.1, 0.15) is 6.17 Å². The number of para-hydroxylation sites is 1. The summed E-state index contributed by atoms with van der Waals surface area (Å²) in [5, 5.41) is 3.68. The van der Waals surface area contributed by atoms with Crippen LogP contribution in [0.2, 0.25) is 0 Å². The van der Waals surface area contributed by atoms with Crippen LogP contribution in [0.15, 0.2) is 55.1 Å². The van der Waals surface area contributed by atoms with Crippen LogP contribution in [0.25, 0.3) is 5.70 Å². The summed E-state index contributed by atoms with van der Waals surface area (Å²) in [7, 11) is 0. The number of hydrogen-bond donors (Lipinski definition) is 1. The van der Waals surface area contributed by atoms with Crippen LogP contribution in [0.4, 0.5) is 11.4 Å². The van der Waals surface area contributed by atoms with E-state index in [0.717, 1.165) is 5.70 Å². The van der Waals surface area contributed by atoms with Gasteiger partial charge >= 0.3 is 0 Å². The molecule has 0 saturated heterocycles. The van der Waals surface area contributed by atoms with Crippen molar-refractivity contribution in [1.82, 2.24) is 0 Å². The normalized spacial score (nSPS) is 17.6. The Hall–Kier alpha value is -2.22. The zero-order chi connectivity index (χ0) is 15.0. The SMILES string of the molecule is C=C1c2c(C)cccc2NC(C(C)C)N1c1ccccc1. The van der Waals surface area contributed by atoms with Crippen molar-refractivity contribution in [3.8, 4) is 0 Å². The monoisotopic (exact) mass is 278 g/mol. The van der Waals surface area contributed by atoms with E-state index in [1.807, 2.05) is 6.07 Å². The van der Waals surface area contributed by atoms with Gasteiger partial charge in [-0.25, -0.2) is 0 Å². The molecule has 2 heteroatoms. The summed E-state index contributed by atoms with van der Waals surface area (Å²) in [5.41, 5.74) is 5.92. The molecule has 2 aromatic rings. The number of anilines is 2. The summed E-state index contributed by atoms with van der Waals surface area (Å²) in [4.78, 5) is 2.32. The maximum Gasteiger partial charge on any atom is 0.106 e. The van der Waals surface area contributed by atoms with Crippen molar-refractivity contribution in [2.45, 2.75) is 26.9 Å². The summed E-state index contributed by atoms with van der Waals surface area (Å²) in [6.07, 6.45) is 0.217. The van der Waals surface area contributed by atoms with Gasteiger partial charge in [-0.15, -0.1) is 0 Å². The third-order valence-electron chi connectivity index (χ3n) is 4.10. The van der Waals surface area contributed by atoms with E-state index in [-0.39, 0.29) is 6.17 Å². The summed E-state index contributed by atoms with van der Waals surface area (Å²) >= 11 is 0. The van der Waals surface area contributed by atoms with Gasteiger partial charge in [0, 0.05) is 22.6 Å². The van der Waals surface area contributed by atoms with Gasteiger partial charge < -0.3 is 10.2 Å². The Kier molecular flexibility index (Phi) is 3.46. The van der Waals surface area contributed by atoms with Crippen molar-refractivity contribution < 1.29 is 0 Å².